The van der Waals surface area contributed by atoms with Crippen LogP contribution in [0.4, 0.5) is 4.79 Å². The fourth-order valence-electron chi connectivity index (χ4n) is 4.83. The number of hydrogen-bond donors (Lipinski definition) is 4. The lowest BCUT2D eigenvalue weighted by Gasteiger charge is -2.26. The summed E-state index contributed by atoms with van der Waals surface area (Å²) < 4.78 is 5.41. The van der Waals surface area contributed by atoms with Crippen LogP contribution in [0.3, 0.4) is 0 Å². The highest BCUT2D eigenvalue weighted by atomic mass is 16.5. The number of nitrogens with one attached hydrogen (secondary N) is 2. The highest BCUT2D eigenvalue weighted by molar-refractivity contribution is 5.87. The monoisotopic (exact) mass is 452 g/mol. The number of ether oxygens (including phenoxy) is 1. The van der Waals surface area contributed by atoms with Gasteiger partial charge in [0.2, 0.25) is 5.91 Å². The summed E-state index contributed by atoms with van der Waals surface area (Å²) >= 11 is 0. The highest BCUT2D eigenvalue weighted by Gasteiger charge is 2.42. The molecule has 33 heavy (non-hydrogen) atoms. The van der Waals surface area contributed by atoms with Gasteiger partial charge in [0, 0.05) is 12.5 Å². The standard InChI is InChI=1S/C25H28N2O6/c28-16(13-22(29)27-25(23(30)31)11-5-6-12-25)14-26-24(32)33-15-21-19-9-3-1-7-17(19)18-8-2-4-10-20(18)21/h1-4,7-10,16,21,28H,5-6,11-15H2,(H,26,32)(H,27,29)(H,30,31). The van der Waals surface area contributed by atoms with Crippen molar-refractivity contribution in [3.05, 3.63) is 59.7 Å². The fraction of sp³-hybridized carbons (Fsp3) is 0.400. The molecule has 0 spiro atoms. The summed E-state index contributed by atoms with van der Waals surface area (Å²) in [6.45, 7) is -0.0261. The second kappa shape index (κ2) is 9.62. The number of carbonyl (C=O) groups excluding carboxylic acids is 2. The molecule has 8 nitrogen and oxygen atoms in total. The molecule has 0 aromatic heterocycles. The first kappa shape index (κ1) is 22.8. The Labute approximate surface area is 192 Å². The van der Waals surface area contributed by atoms with Gasteiger partial charge in [0.1, 0.15) is 12.1 Å². The average molecular weight is 453 g/mol. The molecule has 2 aliphatic carbocycles. The largest absolute Gasteiger partial charge is 0.480 e. The minimum atomic E-state index is -1.25. The Morgan fingerprint density at radius 1 is 1.00 bits per heavy atom. The number of carboxylic acid groups (broad SMARTS) is 1. The van der Waals surface area contributed by atoms with Crippen molar-refractivity contribution in [2.45, 2.75) is 49.7 Å². The van der Waals surface area contributed by atoms with Crippen molar-refractivity contribution in [1.82, 2.24) is 10.6 Å². The molecule has 1 unspecified atom stereocenters. The molecule has 2 amide bonds. The summed E-state index contributed by atoms with van der Waals surface area (Å²) in [4.78, 5) is 36.0. The van der Waals surface area contributed by atoms with E-state index in [0.29, 0.717) is 12.8 Å². The van der Waals surface area contributed by atoms with Gasteiger partial charge in [-0.15, -0.1) is 0 Å². The maximum atomic E-state index is 12.2. The normalized spacial score (nSPS) is 17.0. The maximum absolute atomic E-state index is 12.2. The van der Waals surface area contributed by atoms with Crippen LogP contribution in [0, 0.1) is 0 Å². The predicted molar refractivity (Wildman–Crippen MR) is 121 cm³/mol. The summed E-state index contributed by atoms with van der Waals surface area (Å²) in [5, 5.41) is 24.6. The summed E-state index contributed by atoms with van der Waals surface area (Å²) in [7, 11) is 0. The molecule has 0 radical (unpaired) electrons. The van der Waals surface area contributed by atoms with Gasteiger partial charge in [0.25, 0.3) is 0 Å². The average Bonchev–Trinajstić information content (AvgIpc) is 3.40. The van der Waals surface area contributed by atoms with E-state index >= 15 is 0 Å². The lowest BCUT2D eigenvalue weighted by atomic mass is 9.97. The molecule has 1 saturated carbocycles. The van der Waals surface area contributed by atoms with Crippen LogP contribution >= 0.6 is 0 Å². The second-order valence-electron chi connectivity index (χ2n) is 8.71. The molecule has 0 bridgehead atoms. The topological polar surface area (TPSA) is 125 Å². The fourth-order valence-corrected chi connectivity index (χ4v) is 4.83. The Balaban J connectivity index is 1.25. The van der Waals surface area contributed by atoms with Crippen LogP contribution in [-0.4, -0.2) is 53.0 Å². The molecule has 0 heterocycles. The molecule has 1 atom stereocenters. The van der Waals surface area contributed by atoms with Crippen molar-refractivity contribution in [1.29, 1.82) is 0 Å². The first-order valence-electron chi connectivity index (χ1n) is 11.2. The van der Waals surface area contributed by atoms with Gasteiger partial charge in [-0.1, -0.05) is 61.4 Å². The van der Waals surface area contributed by atoms with Crippen LogP contribution < -0.4 is 10.6 Å². The summed E-state index contributed by atoms with van der Waals surface area (Å²) in [6, 6.07) is 16.0. The van der Waals surface area contributed by atoms with E-state index in [-0.39, 0.29) is 25.5 Å². The molecule has 4 N–H and O–H groups in total. The van der Waals surface area contributed by atoms with E-state index in [9.17, 15) is 24.6 Å². The number of aliphatic carboxylic acids is 1. The third-order valence-corrected chi connectivity index (χ3v) is 6.49. The molecule has 174 valence electrons. The third kappa shape index (κ3) is 4.85. The van der Waals surface area contributed by atoms with E-state index in [4.69, 9.17) is 4.74 Å². The van der Waals surface area contributed by atoms with Crippen molar-refractivity contribution in [3.63, 3.8) is 0 Å². The number of benzene rings is 2. The van der Waals surface area contributed by atoms with E-state index in [0.717, 1.165) is 35.1 Å². The van der Waals surface area contributed by atoms with E-state index in [2.05, 4.69) is 22.8 Å². The summed E-state index contributed by atoms with van der Waals surface area (Å²) in [5.41, 5.74) is 3.21. The quantitative estimate of drug-likeness (QED) is 0.488. The van der Waals surface area contributed by atoms with Gasteiger partial charge in [-0.3, -0.25) is 4.79 Å². The van der Waals surface area contributed by atoms with Crippen LogP contribution in [0.1, 0.15) is 49.1 Å². The molecule has 0 saturated heterocycles. The van der Waals surface area contributed by atoms with Crippen LogP contribution in [0.2, 0.25) is 0 Å². The number of hydrogen-bond acceptors (Lipinski definition) is 5. The molecule has 1 fully saturated rings. The molecule has 8 heteroatoms. The zero-order valence-corrected chi connectivity index (χ0v) is 18.3. The van der Waals surface area contributed by atoms with Crippen LogP contribution in [-0.2, 0) is 14.3 Å². The van der Waals surface area contributed by atoms with E-state index in [1.54, 1.807) is 0 Å². The number of rotatable bonds is 8. The van der Waals surface area contributed by atoms with Gasteiger partial charge in [-0.05, 0) is 35.1 Å². The first-order chi connectivity index (χ1) is 15.9. The number of aliphatic hydroxyl groups is 1. The second-order valence-corrected chi connectivity index (χ2v) is 8.71. The van der Waals surface area contributed by atoms with E-state index < -0.39 is 29.6 Å². The highest BCUT2D eigenvalue weighted by Crippen LogP contribution is 2.44. The predicted octanol–water partition coefficient (Wildman–Crippen LogP) is 2.79. The molecule has 2 aromatic rings. The number of aliphatic hydroxyl groups excluding tert-OH is 1. The van der Waals surface area contributed by atoms with Gasteiger partial charge in [-0.25, -0.2) is 9.59 Å². The first-order valence-corrected chi connectivity index (χ1v) is 11.2. The van der Waals surface area contributed by atoms with Gasteiger partial charge in [0.15, 0.2) is 0 Å². The molecule has 2 aromatic carbocycles. The van der Waals surface area contributed by atoms with Gasteiger partial charge < -0.3 is 25.6 Å². The van der Waals surface area contributed by atoms with Crippen LogP contribution in [0.25, 0.3) is 11.1 Å². The number of carbonyl (C=O) groups is 3. The van der Waals surface area contributed by atoms with Crippen LogP contribution in [0.15, 0.2) is 48.5 Å². The van der Waals surface area contributed by atoms with Gasteiger partial charge in [-0.2, -0.15) is 0 Å². The Morgan fingerprint density at radius 3 is 2.15 bits per heavy atom. The van der Waals surface area contributed by atoms with Crippen molar-refractivity contribution >= 4 is 18.0 Å². The molecular weight excluding hydrogens is 424 g/mol. The zero-order valence-electron chi connectivity index (χ0n) is 18.3. The Kier molecular flexibility index (Phi) is 6.65. The number of carboxylic acids is 1. The molecule has 2 aliphatic rings. The third-order valence-electron chi connectivity index (χ3n) is 6.49. The Morgan fingerprint density at radius 2 is 1.58 bits per heavy atom. The van der Waals surface area contributed by atoms with Crippen LogP contribution in [0.5, 0.6) is 0 Å². The van der Waals surface area contributed by atoms with Crippen molar-refractivity contribution < 1.29 is 29.3 Å². The van der Waals surface area contributed by atoms with Crippen molar-refractivity contribution in [2.24, 2.45) is 0 Å². The number of fused-ring (bicyclic) bond motifs is 3. The summed E-state index contributed by atoms with van der Waals surface area (Å²) in [5.74, 6) is -1.68. The SMILES string of the molecule is O=C(CC(O)CNC(=O)OCC1c2ccccc2-c2ccccc21)NC1(C(=O)O)CCCC1. The van der Waals surface area contributed by atoms with E-state index in [1.807, 2.05) is 36.4 Å². The smallest absolute Gasteiger partial charge is 0.407 e. The van der Waals surface area contributed by atoms with Crippen molar-refractivity contribution in [3.8, 4) is 11.1 Å². The molecule has 0 aliphatic heterocycles. The minimum Gasteiger partial charge on any atom is -0.480 e. The maximum Gasteiger partial charge on any atom is 0.407 e. The van der Waals surface area contributed by atoms with Gasteiger partial charge >= 0.3 is 12.1 Å². The molecule has 4 rings (SSSR count). The van der Waals surface area contributed by atoms with Crippen molar-refractivity contribution in [2.75, 3.05) is 13.2 Å². The number of amides is 2. The van der Waals surface area contributed by atoms with E-state index in [1.165, 1.54) is 0 Å². The Bertz CT molecular complexity index is 1000. The lowest BCUT2D eigenvalue weighted by molar-refractivity contribution is -0.147. The number of alkyl carbamates (subject to hydrolysis) is 1. The lowest BCUT2D eigenvalue weighted by Crippen LogP contribution is -2.53. The van der Waals surface area contributed by atoms with Gasteiger partial charge in [0.05, 0.1) is 12.5 Å². The zero-order chi connectivity index (χ0) is 23.4. The minimum absolute atomic E-state index is 0.0718. The molecular formula is C25H28N2O6. The Hall–Kier alpha value is -3.39. The summed E-state index contributed by atoms with van der Waals surface area (Å²) in [6.07, 6.45) is 0.0758.